The van der Waals surface area contributed by atoms with Crippen molar-refractivity contribution in [3.8, 4) is 0 Å². The Kier molecular flexibility index (Phi) is 5.58. The molecule has 1 unspecified atom stereocenters. The third-order valence-corrected chi connectivity index (χ3v) is 5.96. The average Bonchev–Trinajstić information content (AvgIpc) is 3.27. The standard InChI is InChI=1S/C22H26N5O2/c1-15-19(20(21(23)28)25-14-24-15)22(29)27-12-17-10-26(11-18(17)13-27)9-5-8-16-6-3-2-4-7-16/h2-4,6-8,14,17-18H,5,9-13H2,1H3,(H2,23,28)/t17-,18?/m0/s1. The molecule has 2 saturated heterocycles. The number of nitrogens with zero attached hydrogens (tertiary/aromatic N) is 4. The molecule has 1 aromatic carbocycles. The molecule has 2 atom stereocenters. The first-order valence-electron chi connectivity index (χ1n) is 10.0. The predicted octanol–water partition coefficient (Wildman–Crippen LogP) is 1.53. The summed E-state index contributed by atoms with van der Waals surface area (Å²) in [5.41, 5.74) is 7.42. The maximum Gasteiger partial charge on any atom is 0.268 e. The molecule has 3 heterocycles. The van der Waals surface area contributed by atoms with Crippen molar-refractivity contribution in [3.05, 3.63) is 65.6 Å². The SMILES string of the molecule is Cc1ncnc(C(N)=O)c1C(=O)N1CC2CN(CC[CH]c3ccccc3)C[C@H]2C1. The molecule has 2 fully saturated rings. The number of likely N-dealkylation sites (tertiary alicyclic amines) is 2. The lowest BCUT2D eigenvalue weighted by atomic mass is 10.0. The van der Waals surface area contributed by atoms with Crippen molar-refractivity contribution >= 4 is 11.8 Å². The Morgan fingerprint density at radius 2 is 1.79 bits per heavy atom. The van der Waals surface area contributed by atoms with E-state index >= 15 is 0 Å². The van der Waals surface area contributed by atoms with E-state index in [1.165, 1.54) is 11.9 Å². The monoisotopic (exact) mass is 392 g/mol. The fourth-order valence-corrected chi connectivity index (χ4v) is 4.52. The summed E-state index contributed by atoms with van der Waals surface area (Å²) in [5, 5.41) is 0. The van der Waals surface area contributed by atoms with Crippen LogP contribution in [0.25, 0.3) is 0 Å². The number of nitrogens with two attached hydrogens (primary N) is 1. The van der Waals surface area contributed by atoms with Crippen LogP contribution in [-0.2, 0) is 0 Å². The number of benzene rings is 1. The molecule has 7 heteroatoms. The highest BCUT2D eigenvalue weighted by Gasteiger charge is 2.42. The molecule has 2 amide bonds. The average molecular weight is 392 g/mol. The van der Waals surface area contributed by atoms with Crippen molar-refractivity contribution < 1.29 is 9.59 Å². The molecule has 1 aromatic heterocycles. The number of primary amides is 1. The fourth-order valence-electron chi connectivity index (χ4n) is 4.52. The molecule has 0 saturated carbocycles. The van der Waals surface area contributed by atoms with Crippen molar-refractivity contribution in [2.75, 3.05) is 32.7 Å². The van der Waals surface area contributed by atoms with Gasteiger partial charge < -0.3 is 15.5 Å². The predicted molar refractivity (Wildman–Crippen MR) is 109 cm³/mol. The minimum absolute atomic E-state index is 0.0117. The van der Waals surface area contributed by atoms with Crippen LogP contribution < -0.4 is 5.73 Å². The quantitative estimate of drug-likeness (QED) is 0.805. The Bertz CT molecular complexity index is 887. The molecule has 7 nitrogen and oxygen atoms in total. The van der Waals surface area contributed by atoms with Crippen LogP contribution in [0.4, 0.5) is 0 Å². The smallest absolute Gasteiger partial charge is 0.268 e. The summed E-state index contributed by atoms with van der Waals surface area (Å²) in [6.07, 6.45) is 4.57. The molecule has 0 aliphatic carbocycles. The van der Waals surface area contributed by atoms with E-state index in [9.17, 15) is 9.59 Å². The van der Waals surface area contributed by atoms with Crippen LogP contribution >= 0.6 is 0 Å². The van der Waals surface area contributed by atoms with Crippen LogP contribution in [0.5, 0.6) is 0 Å². The summed E-state index contributed by atoms with van der Waals surface area (Å²) in [5.74, 6) is 0.0598. The van der Waals surface area contributed by atoms with Gasteiger partial charge in [-0.05, 0) is 43.7 Å². The molecule has 2 aliphatic rings. The number of hydrogen-bond acceptors (Lipinski definition) is 5. The van der Waals surface area contributed by atoms with Crippen molar-refractivity contribution in [3.63, 3.8) is 0 Å². The lowest BCUT2D eigenvalue weighted by molar-refractivity contribution is 0.0766. The summed E-state index contributed by atoms with van der Waals surface area (Å²) >= 11 is 0. The van der Waals surface area contributed by atoms with Gasteiger partial charge in [-0.3, -0.25) is 9.59 Å². The van der Waals surface area contributed by atoms with Gasteiger partial charge in [-0.25, -0.2) is 9.97 Å². The zero-order valence-corrected chi connectivity index (χ0v) is 16.6. The second-order valence-corrected chi connectivity index (χ2v) is 7.94. The summed E-state index contributed by atoms with van der Waals surface area (Å²) < 4.78 is 0. The highest BCUT2D eigenvalue weighted by molar-refractivity contribution is 6.06. The lowest BCUT2D eigenvalue weighted by Gasteiger charge is -2.22. The van der Waals surface area contributed by atoms with Gasteiger partial charge in [0.25, 0.3) is 11.8 Å². The number of rotatable bonds is 6. The Balaban J connectivity index is 1.32. The summed E-state index contributed by atoms with van der Waals surface area (Å²) in [6, 6.07) is 10.4. The van der Waals surface area contributed by atoms with E-state index in [-0.39, 0.29) is 17.2 Å². The molecule has 0 bridgehead atoms. The highest BCUT2D eigenvalue weighted by Crippen LogP contribution is 2.32. The first kappa shape index (κ1) is 19.5. The second kappa shape index (κ2) is 8.29. The number of hydrogen-bond donors (Lipinski definition) is 1. The number of carbonyl (C=O) groups excluding carboxylic acids is 2. The van der Waals surface area contributed by atoms with E-state index in [4.69, 9.17) is 5.73 Å². The summed E-state index contributed by atoms with van der Waals surface area (Å²) in [4.78, 5) is 37.1. The van der Waals surface area contributed by atoms with Gasteiger partial charge in [-0.2, -0.15) is 0 Å². The van der Waals surface area contributed by atoms with Crippen LogP contribution in [0, 0.1) is 25.2 Å². The van der Waals surface area contributed by atoms with Gasteiger partial charge in [0.1, 0.15) is 12.0 Å². The van der Waals surface area contributed by atoms with E-state index in [0.29, 0.717) is 30.6 Å². The van der Waals surface area contributed by atoms with Gasteiger partial charge in [0.05, 0.1) is 11.3 Å². The molecule has 2 N–H and O–H groups in total. The number of carbonyl (C=O) groups is 2. The number of aryl methyl sites for hydroxylation is 1. The Labute approximate surface area is 170 Å². The van der Waals surface area contributed by atoms with Crippen LogP contribution in [0.15, 0.2) is 36.7 Å². The topological polar surface area (TPSA) is 92.4 Å². The zero-order valence-electron chi connectivity index (χ0n) is 16.6. The van der Waals surface area contributed by atoms with Gasteiger partial charge >= 0.3 is 0 Å². The zero-order chi connectivity index (χ0) is 20.4. The molecule has 2 aliphatic heterocycles. The summed E-state index contributed by atoms with van der Waals surface area (Å²) in [7, 11) is 0. The van der Waals surface area contributed by atoms with E-state index in [0.717, 1.165) is 26.1 Å². The second-order valence-electron chi connectivity index (χ2n) is 7.94. The first-order chi connectivity index (χ1) is 14.0. The van der Waals surface area contributed by atoms with Gasteiger partial charge in [0.2, 0.25) is 0 Å². The van der Waals surface area contributed by atoms with Crippen LogP contribution in [0.1, 0.15) is 38.5 Å². The normalized spacial score (nSPS) is 21.3. The van der Waals surface area contributed by atoms with Gasteiger partial charge in [-0.1, -0.05) is 30.3 Å². The fraction of sp³-hybridized carbons (Fsp3) is 0.409. The third-order valence-electron chi connectivity index (χ3n) is 5.96. The van der Waals surface area contributed by atoms with Crippen molar-refractivity contribution in [2.45, 2.75) is 13.3 Å². The lowest BCUT2D eigenvalue weighted by Crippen LogP contribution is -2.35. The Hall–Kier alpha value is -2.80. The molecule has 1 radical (unpaired) electrons. The molecule has 29 heavy (non-hydrogen) atoms. The van der Waals surface area contributed by atoms with Gasteiger partial charge in [-0.15, -0.1) is 0 Å². The van der Waals surface area contributed by atoms with E-state index in [1.807, 2.05) is 11.0 Å². The number of amides is 2. The molecule has 2 aromatic rings. The maximum atomic E-state index is 13.1. The molecule has 0 spiro atoms. The number of fused-ring (bicyclic) bond motifs is 1. The Morgan fingerprint density at radius 3 is 2.45 bits per heavy atom. The highest BCUT2D eigenvalue weighted by atomic mass is 16.2. The largest absolute Gasteiger partial charge is 0.364 e. The third kappa shape index (κ3) is 4.15. The van der Waals surface area contributed by atoms with E-state index < -0.39 is 5.91 Å². The van der Waals surface area contributed by atoms with Crippen molar-refractivity contribution in [1.29, 1.82) is 0 Å². The first-order valence-corrected chi connectivity index (χ1v) is 10.0. The van der Waals surface area contributed by atoms with Crippen LogP contribution in [0.3, 0.4) is 0 Å². The molecule has 4 rings (SSSR count). The van der Waals surface area contributed by atoms with Gasteiger partial charge in [0, 0.05) is 26.2 Å². The van der Waals surface area contributed by atoms with Crippen molar-refractivity contribution in [1.82, 2.24) is 19.8 Å². The maximum absolute atomic E-state index is 13.1. The number of aromatic nitrogens is 2. The van der Waals surface area contributed by atoms with Gasteiger partial charge in [0.15, 0.2) is 0 Å². The minimum Gasteiger partial charge on any atom is -0.364 e. The van der Waals surface area contributed by atoms with Crippen LogP contribution in [-0.4, -0.2) is 64.3 Å². The van der Waals surface area contributed by atoms with Crippen molar-refractivity contribution in [2.24, 2.45) is 17.6 Å². The Morgan fingerprint density at radius 1 is 1.10 bits per heavy atom. The van der Waals surface area contributed by atoms with E-state index in [2.05, 4.69) is 45.6 Å². The minimum atomic E-state index is -0.695. The molecular formula is C22H26N5O2. The van der Waals surface area contributed by atoms with E-state index in [1.54, 1.807) is 6.92 Å². The molecular weight excluding hydrogens is 366 g/mol. The van der Waals surface area contributed by atoms with Crippen LogP contribution in [0.2, 0.25) is 0 Å². The molecule has 151 valence electrons. The summed E-state index contributed by atoms with van der Waals surface area (Å²) in [6.45, 7) is 6.16.